The molecule has 6 heteroatoms. The summed E-state index contributed by atoms with van der Waals surface area (Å²) in [6.45, 7) is 9.40. The van der Waals surface area contributed by atoms with E-state index in [2.05, 4.69) is 10.5 Å². The molecule has 0 saturated carbocycles. The third kappa shape index (κ3) is 5.16. The Morgan fingerprint density at radius 2 is 2.08 bits per heavy atom. The number of carbonyl (C=O) groups excluding carboxylic acids is 1. The Morgan fingerprint density at radius 3 is 2.67 bits per heavy atom. The Hall–Kier alpha value is -2.21. The molecule has 0 spiro atoms. The topological polar surface area (TPSA) is 58.4 Å². The van der Waals surface area contributed by atoms with Gasteiger partial charge in [-0.3, -0.25) is 15.0 Å². The fraction of sp³-hybridized carbons (Fsp3) is 0.444. The first-order chi connectivity index (χ1) is 11.3. The van der Waals surface area contributed by atoms with Crippen molar-refractivity contribution in [1.29, 1.82) is 0 Å². The molecule has 24 heavy (non-hydrogen) atoms. The summed E-state index contributed by atoms with van der Waals surface area (Å²) in [5, 5.41) is 6.68. The SMILES string of the molecule is CCN(CC(=O)Nc1cc(C(C)(C)C)no1)Cc1cccc(F)c1. The van der Waals surface area contributed by atoms with E-state index in [-0.39, 0.29) is 23.7 Å². The Balaban J connectivity index is 1.93. The van der Waals surface area contributed by atoms with Gasteiger partial charge in [0.1, 0.15) is 5.82 Å². The Bertz CT molecular complexity index is 692. The van der Waals surface area contributed by atoms with Crippen molar-refractivity contribution in [3.63, 3.8) is 0 Å². The number of nitrogens with zero attached hydrogens (tertiary/aromatic N) is 2. The van der Waals surface area contributed by atoms with Crippen molar-refractivity contribution in [1.82, 2.24) is 10.1 Å². The molecule has 0 saturated heterocycles. The number of nitrogens with one attached hydrogen (secondary N) is 1. The molecule has 0 aliphatic carbocycles. The molecular weight excluding hydrogens is 309 g/mol. The number of halogens is 1. The first kappa shape index (κ1) is 18.1. The number of benzene rings is 1. The minimum absolute atomic E-state index is 0.140. The second kappa shape index (κ2) is 7.57. The smallest absolute Gasteiger partial charge is 0.240 e. The van der Waals surface area contributed by atoms with Gasteiger partial charge in [0.2, 0.25) is 11.8 Å². The summed E-state index contributed by atoms with van der Waals surface area (Å²) in [6, 6.07) is 8.13. The van der Waals surface area contributed by atoms with Gasteiger partial charge in [-0.05, 0) is 24.2 Å². The van der Waals surface area contributed by atoms with Gasteiger partial charge in [0.15, 0.2) is 0 Å². The van der Waals surface area contributed by atoms with Crippen LogP contribution in [0.5, 0.6) is 0 Å². The Kier molecular flexibility index (Phi) is 5.72. The van der Waals surface area contributed by atoms with Crippen molar-refractivity contribution in [3.8, 4) is 0 Å². The van der Waals surface area contributed by atoms with Crippen molar-refractivity contribution in [2.75, 3.05) is 18.4 Å². The fourth-order valence-corrected chi connectivity index (χ4v) is 2.24. The van der Waals surface area contributed by atoms with Crippen LogP contribution in [0.3, 0.4) is 0 Å². The number of hydrogen-bond acceptors (Lipinski definition) is 4. The summed E-state index contributed by atoms with van der Waals surface area (Å²) < 4.78 is 18.4. The predicted molar refractivity (Wildman–Crippen MR) is 91.2 cm³/mol. The lowest BCUT2D eigenvalue weighted by Gasteiger charge is -2.19. The third-order valence-electron chi connectivity index (χ3n) is 3.65. The number of rotatable bonds is 6. The molecule has 0 unspecified atom stereocenters. The summed E-state index contributed by atoms with van der Waals surface area (Å²) in [7, 11) is 0. The Labute approximate surface area is 141 Å². The minimum Gasteiger partial charge on any atom is -0.338 e. The first-order valence-electron chi connectivity index (χ1n) is 8.02. The van der Waals surface area contributed by atoms with Crippen LogP contribution in [0.25, 0.3) is 0 Å². The van der Waals surface area contributed by atoms with Crippen LogP contribution in [0.1, 0.15) is 39.0 Å². The molecule has 1 amide bonds. The highest BCUT2D eigenvalue weighted by atomic mass is 19.1. The van der Waals surface area contributed by atoms with E-state index in [1.807, 2.05) is 38.7 Å². The van der Waals surface area contributed by atoms with Crippen LogP contribution in [0.4, 0.5) is 10.3 Å². The standard InChI is InChI=1S/C18H24FN3O2/c1-5-22(11-13-7-6-8-14(19)9-13)12-16(23)20-17-10-15(21-24-17)18(2,3)4/h6-10H,5,11-12H2,1-4H3,(H,20,23). The van der Waals surface area contributed by atoms with Crippen molar-refractivity contribution in [3.05, 3.63) is 47.4 Å². The zero-order valence-electron chi connectivity index (χ0n) is 14.6. The number of likely N-dealkylation sites (N-methyl/N-ethyl adjacent to an activating group) is 1. The van der Waals surface area contributed by atoms with E-state index in [0.29, 0.717) is 19.0 Å². The van der Waals surface area contributed by atoms with Crippen LogP contribution in [0.15, 0.2) is 34.9 Å². The van der Waals surface area contributed by atoms with Gasteiger partial charge in [-0.15, -0.1) is 0 Å². The lowest BCUT2D eigenvalue weighted by Crippen LogP contribution is -2.32. The van der Waals surface area contributed by atoms with Gasteiger partial charge in [-0.1, -0.05) is 45.0 Å². The summed E-state index contributed by atoms with van der Waals surface area (Å²) in [6.07, 6.45) is 0. The van der Waals surface area contributed by atoms with Gasteiger partial charge in [0.25, 0.3) is 0 Å². The lowest BCUT2D eigenvalue weighted by atomic mass is 9.92. The van der Waals surface area contributed by atoms with E-state index < -0.39 is 0 Å². The summed E-state index contributed by atoms with van der Waals surface area (Å²) in [5.74, 6) is -0.124. The molecule has 2 aromatic rings. The van der Waals surface area contributed by atoms with Crippen LogP contribution in [0, 0.1) is 5.82 Å². The molecule has 1 aromatic heterocycles. The van der Waals surface area contributed by atoms with Gasteiger partial charge in [-0.2, -0.15) is 0 Å². The molecule has 0 aliphatic heterocycles. The molecule has 1 N–H and O–H groups in total. The summed E-state index contributed by atoms with van der Waals surface area (Å²) in [4.78, 5) is 14.1. The summed E-state index contributed by atoms with van der Waals surface area (Å²) >= 11 is 0. The van der Waals surface area contributed by atoms with Crippen molar-refractivity contribution < 1.29 is 13.7 Å². The number of hydrogen-bond donors (Lipinski definition) is 1. The molecule has 130 valence electrons. The van der Waals surface area contributed by atoms with Crippen molar-refractivity contribution >= 4 is 11.8 Å². The van der Waals surface area contributed by atoms with Crippen LogP contribution in [-0.4, -0.2) is 29.1 Å². The molecule has 5 nitrogen and oxygen atoms in total. The van der Waals surface area contributed by atoms with Gasteiger partial charge in [-0.25, -0.2) is 4.39 Å². The van der Waals surface area contributed by atoms with Gasteiger partial charge >= 0.3 is 0 Å². The van der Waals surface area contributed by atoms with Crippen molar-refractivity contribution in [2.24, 2.45) is 0 Å². The normalized spacial score (nSPS) is 11.8. The highest BCUT2D eigenvalue weighted by Gasteiger charge is 2.20. The second-order valence-electron chi connectivity index (χ2n) is 6.81. The number of amides is 1. The maximum atomic E-state index is 13.3. The van der Waals surface area contributed by atoms with Gasteiger partial charge < -0.3 is 4.52 Å². The first-order valence-corrected chi connectivity index (χ1v) is 8.02. The summed E-state index contributed by atoms with van der Waals surface area (Å²) in [5.41, 5.74) is 1.48. The quantitative estimate of drug-likeness (QED) is 0.878. The molecule has 1 aromatic carbocycles. The molecule has 2 rings (SSSR count). The molecule has 0 fully saturated rings. The molecule has 0 radical (unpaired) electrons. The zero-order valence-corrected chi connectivity index (χ0v) is 14.6. The Morgan fingerprint density at radius 1 is 1.33 bits per heavy atom. The van der Waals surface area contributed by atoms with E-state index in [1.165, 1.54) is 12.1 Å². The second-order valence-corrected chi connectivity index (χ2v) is 6.81. The fourth-order valence-electron chi connectivity index (χ4n) is 2.24. The predicted octanol–water partition coefficient (Wildman–Crippen LogP) is 3.57. The molecule has 0 atom stereocenters. The number of carbonyl (C=O) groups is 1. The van der Waals surface area contributed by atoms with E-state index in [4.69, 9.17) is 4.52 Å². The van der Waals surface area contributed by atoms with Crippen LogP contribution < -0.4 is 5.32 Å². The molecule has 0 aliphatic rings. The van der Waals surface area contributed by atoms with E-state index in [9.17, 15) is 9.18 Å². The van der Waals surface area contributed by atoms with Crippen LogP contribution >= 0.6 is 0 Å². The van der Waals surface area contributed by atoms with Crippen LogP contribution in [-0.2, 0) is 16.8 Å². The highest BCUT2D eigenvalue weighted by Crippen LogP contribution is 2.23. The van der Waals surface area contributed by atoms with Crippen molar-refractivity contribution in [2.45, 2.75) is 39.7 Å². The molecular formula is C18H24FN3O2. The maximum absolute atomic E-state index is 13.3. The lowest BCUT2D eigenvalue weighted by molar-refractivity contribution is -0.117. The van der Waals surface area contributed by atoms with Crippen LogP contribution in [0.2, 0.25) is 0 Å². The minimum atomic E-state index is -0.274. The number of anilines is 1. The number of aromatic nitrogens is 1. The highest BCUT2D eigenvalue weighted by molar-refractivity contribution is 5.91. The van der Waals surface area contributed by atoms with Gasteiger partial charge in [0.05, 0.1) is 12.2 Å². The van der Waals surface area contributed by atoms with Gasteiger partial charge in [0, 0.05) is 18.0 Å². The third-order valence-corrected chi connectivity index (χ3v) is 3.65. The van der Waals surface area contributed by atoms with E-state index >= 15 is 0 Å². The molecule has 0 bridgehead atoms. The van der Waals surface area contributed by atoms with E-state index in [1.54, 1.807) is 12.1 Å². The van der Waals surface area contributed by atoms with E-state index in [0.717, 1.165) is 11.3 Å². The zero-order chi connectivity index (χ0) is 17.7. The largest absolute Gasteiger partial charge is 0.338 e. The molecule has 1 heterocycles. The maximum Gasteiger partial charge on any atom is 0.240 e. The average Bonchev–Trinajstić information content (AvgIpc) is 2.95. The average molecular weight is 333 g/mol. The monoisotopic (exact) mass is 333 g/mol.